The first-order valence-electron chi connectivity index (χ1n) is 13.0. The molecule has 0 aromatic heterocycles. The topological polar surface area (TPSA) is 103 Å². The van der Waals surface area contributed by atoms with Crippen molar-refractivity contribution < 1.29 is 23.5 Å². The Balaban J connectivity index is 1.32. The van der Waals surface area contributed by atoms with Crippen molar-refractivity contribution in [1.82, 2.24) is 15.1 Å². The van der Waals surface area contributed by atoms with Crippen LogP contribution in [0.15, 0.2) is 30.3 Å². The lowest BCUT2D eigenvalue weighted by molar-refractivity contribution is -0.145. The van der Waals surface area contributed by atoms with Gasteiger partial charge in [0.05, 0.1) is 12.6 Å². The fourth-order valence-electron chi connectivity index (χ4n) is 6.11. The van der Waals surface area contributed by atoms with Crippen molar-refractivity contribution in [3.8, 4) is 6.07 Å². The van der Waals surface area contributed by atoms with Crippen LogP contribution in [0.1, 0.15) is 63.4 Å². The largest absolute Gasteiger partial charge is 0.445 e. The summed E-state index contributed by atoms with van der Waals surface area (Å²) >= 11 is 0. The van der Waals surface area contributed by atoms with Gasteiger partial charge >= 0.3 is 6.09 Å². The molecule has 9 heteroatoms. The van der Waals surface area contributed by atoms with Crippen LogP contribution in [0.4, 0.5) is 9.18 Å². The second kappa shape index (κ2) is 9.72. The molecule has 36 heavy (non-hydrogen) atoms. The number of hydrogen-bond acceptors (Lipinski definition) is 5. The summed E-state index contributed by atoms with van der Waals surface area (Å²) in [5.41, 5.74) is -0.166. The summed E-state index contributed by atoms with van der Waals surface area (Å²) in [6.07, 6.45) is 4.00. The number of carbonyl (C=O) groups excluding carboxylic acids is 3. The normalized spacial score (nSPS) is 30.9. The highest BCUT2D eigenvalue weighted by atomic mass is 19.1. The van der Waals surface area contributed by atoms with E-state index in [1.807, 2.05) is 36.4 Å². The second-order valence-electron chi connectivity index (χ2n) is 10.9. The molecule has 5 aliphatic rings. The number of amides is 3. The quantitative estimate of drug-likeness (QED) is 0.623. The van der Waals surface area contributed by atoms with Crippen molar-refractivity contribution in [1.29, 1.82) is 5.26 Å². The highest BCUT2D eigenvalue weighted by molar-refractivity contribution is 5.85. The smallest absolute Gasteiger partial charge is 0.411 e. The molecule has 8 nitrogen and oxygen atoms in total. The predicted octanol–water partition coefficient (Wildman–Crippen LogP) is 3.46. The molecule has 2 bridgehead atoms. The number of likely N-dealkylation sites (tertiary alicyclic amines) is 1. The van der Waals surface area contributed by atoms with E-state index in [9.17, 15) is 24.0 Å². The van der Waals surface area contributed by atoms with Crippen molar-refractivity contribution in [2.45, 2.75) is 88.2 Å². The van der Waals surface area contributed by atoms with Gasteiger partial charge in [-0.2, -0.15) is 5.26 Å². The van der Waals surface area contributed by atoms with Gasteiger partial charge in [-0.3, -0.25) is 14.5 Å². The Hall–Kier alpha value is -3.15. The highest BCUT2D eigenvalue weighted by Crippen LogP contribution is 2.55. The molecule has 192 valence electrons. The number of fused-ring (bicyclic) bond motifs is 3. The molecule has 3 amide bonds. The first kappa shape index (κ1) is 24.5. The lowest BCUT2D eigenvalue weighted by Crippen LogP contribution is -2.63. The van der Waals surface area contributed by atoms with Gasteiger partial charge in [0.1, 0.15) is 25.4 Å². The van der Waals surface area contributed by atoms with Crippen molar-refractivity contribution >= 4 is 17.9 Å². The Bertz CT molecular complexity index is 1030. The monoisotopic (exact) mass is 496 g/mol. The minimum atomic E-state index is -1.25. The molecule has 5 fully saturated rings. The Morgan fingerprint density at radius 1 is 1.11 bits per heavy atom. The molecule has 1 aliphatic heterocycles. The van der Waals surface area contributed by atoms with E-state index in [0.29, 0.717) is 44.6 Å². The third kappa shape index (κ3) is 4.78. The van der Waals surface area contributed by atoms with Crippen molar-refractivity contribution in [3.63, 3.8) is 0 Å². The Kier molecular flexibility index (Phi) is 6.62. The van der Waals surface area contributed by atoms with Crippen LogP contribution < -0.4 is 5.32 Å². The summed E-state index contributed by atoms with van der Waals surface area (Å²) in [5.74, 6) is -0.322. The Morgan fingerprint density at radius 3 is 2.39 bits per heavy atom. The molecule has 1 aromatic rings. The molecule has 4 aliphatic carbocycles. The second-order valence-corrected chi connectivity index (χ2v) is 10.9. The van der Waals surface area contributed by atoms with Crippen LogP contribution in [0, 0.1) is 16.7 Å². The number of nitrogens with zero attached hydrogens (tertiary/aromatic N) is 3. The average Bonchev–Trinajstić information content (AvgIpc) is 3.65. The predicted molar refractivity (Wildman–Crippen MR) is 128 cm³/mol. The van der Waals surface area contributed by atoms with Crippen LogP contribution in [0.25, 0.3) is 0 Å². The average molecular weight is 497 g/mol. The summed E-state index contributed by atoms with van der Waals surface area (Å²) in [6.45, 7) is -0.327. The minimum Gasteiger partial charge on any atom is -0.445 e. The van der Waals surface area contributed by atoms with Gasteiger partial charge in [-0.25, -0.2) is 9.18 Å². The summed E-state index contributed by atoms with van der Waals surface area (Å²) in [4.78, 5) is 42.5. The van der Waals surface area contributed by atoms with Crippen molar-refractivity contribution in [2.24, 2.45) is 5.41 Å². The van der Waals surface area contributed by atoms with Crippen LogP contribution in [0.3, 0.4) is 0 Å². The molecule has 0 radical (unpaired) electrons. The van der Waals surface area contributed by atoms with Gasteiger partial charge in [-0.1, -0.05) is 30.3 Å². The minimum absolute atomic E-state index is 0.00946. The highest BCUT2D eigenvalue weighted by Gasteiger charge is 2.56. The number of halogens is 1. The summed E-state index contributed by atoms with van der Waals surface area (Å²) in [6, 6.07) is 10.8. The standard InChI is InChI=1S/C27H33FN4O4/c28-20-14-22(15-29)31(16-20)23(33)17-32(25(35)36-18-19-4-2-1-3-5-19)27-11-8-26(9-12-27,10-13-27)24(34)30-21-6-7-21/h1-5,20-22H,6-14,16-18H2,(H,30,34)/t20-,22-,26?,27?/m0/s1. The zero-order valence-corrected chi connectivity index (χ0v) is 20.5. The number of rotatable bonds is 7. The number of alkyl halides is 1. The number of benzene rings is 1. The molecular weight excluding hydrogens is 463 g/mol. The van der Waals surface area contributed by atoms with Gasteiger partial charge in [-0.15, -0.1) is 0 Å². The van der Waals surface area contributed by atoms with Gasteiger partial charge in [0.25, 0.3) is 0 Å². The van der Waals surface area contributed by atoms with Gasteiger partial charge in [0.15, 0.2) is 0 Å². The molecule has 1 saturated heterocycles. The maximum Gasteiger partial charge on any atom is 0.411 e. The van der Waals surface area contributed by atoms with Gasteiger partial charge in [-0.05, 0) is 56.9 Å². The summed E-state index contributed by atoms with van der Waals surface area (Å²) < 4.78 is 19.7. The van der Waals surface area contributed by atoms with Crippen LogP contribution in [-0.2, 0) is 20.9 Å². The molecular formula is C27H33FN4O4. The van der Waals surface area contributed by atoms with Crippen LogP contribution >= 0.6 is 0 Å². The first-order valence-corrected chi connectivity index (χ1v) is 13.0. The molecule has 4 saturated carbocycles. The lowest BCUT2D eigenvalue weighted by atomic mass is 9.56. The molecule has 2 atom stereocenters. The molecule has 1 N–H and O–H groups in total. The molecule has 1 aromatic carbocycles. The molecule has 1 heterocycles. The Morgan fingerprint density at radius 2 is 1.78 bits per heavy atom. The fourth-order valence-corrected chi connectivity index (χ4v) is 6.11. The van der Waals surface area contributed by atoms with E-state index in [-0.39, 0.29) is 32.0 Å². The van der Waals surface area contributed by atoms with E-state index in [1.165, 1.54) is 9.80 Å². The van der Waals surface area contributed by atoms with Gasteiger partial charge < -0.3 is 15.0 Å². The number of hydrogen-bond donors (Lipinski definition) is 1. The van der Waals surface area contributed by atoms with Crippen LogP contribution in [0.2, 0.25) is 0 Å². The van der Waals surface area contributed by atoms with E-state index in [0.717, 1.165) is 18.4 Å². The third-order valence-corrected chi connectivity index (χ3v) is 8.61. The van der Waals surface area contributed by atoms with E-state index >= 15 is 0 Å². The molecule has 0 spiro atoms. The maximum atomic E-state index is 14.0. The Labute approximate surface area is 210 Å². The van der Waals surface area contributed by atoms with E-state index in [1.54, 1.807) is 0 Å². The van der Waals surface area contributed by atoms with Gasteiger partial charge in [0.2, 0.25) is 11.8 Å². The third-order valence-electron chi connectivity index (χ3n) is 8.61. The lowest BCUT2D eigenvalue weighted by Gasteiger charge is -2.56. The summed E-state index contributed by atoms with van der Waals surface area (Å²) in [7, 11) is 0. The van der Waals surface area contributed by atoms with Crippen LogP contribution in [0.5, 0.6) is 0 Å². The SMILES string of the molecule is N#C[C@@H]1C[C@H](F)CN1C(=O)CN(C(=O)OCc1ccccc1)C12CCC(C(=O)NC3CC3)(CC1)CC2. The van der Waals surface area contributed by atoms with E-state index in [2.05, 4.69) is 5.32 Å². The summed E-state index contributed by atoms with van der Waals surface area (Å²) in [5, 5.41) is 12.6. The maximum absolute atomic E-state index is 14.0. The van der Waals surface area contributed by atoms with Crippen molar-refractivity contribution in [3.05, 3.63) is 35.9 Å². The molecule has 6 rings (SSSR count). The van der Waals surface area contributed by atoms with E-state index < -0.39 is 35.2 Å². The number of nitrogens with one attached hydrogen (secondary N) is 1. The zero-order chi connectivity index (χ0) is 25.3. The van der Waals surface area contributed by atoms with Crippen molar-refractivity contribution in [2.75, 3.05) is 13.1 Å². The molecule has 0 unspecified atom stereocenters. The van der Waals surface area contributed by atoms with Gasteiger partial charge in [0, 0.05) is 23.4 Å². The first-order chi connectivity index (χ1) is 17.3. The zero-order valence-electron chi connectivity index (χ0n) is 20.5. The van der Waals surface area contributed by atoms with Crippen LogP contribution in [-0.4, -0.2) is 64.6 Å². The number of nitriles is 1. The fraction of sp³-hybridized carbons (Fsp3) is 0.630. The number of carbonyl (C=O) groups is 3. The number of ether oxygens (including phenoxy) is 1. The van der Waals surface area contributed by atoms with E-state index in [4.69, 9.17) is 4.74 Å².